The van der Waals surface area contributed by atoms with Gasteiger partial charge >= 0.3 is 0 Å². The molecule has 4 nitrogen and oxygen atoms in total. The molecule has 1 atom stereocenters. The summed E-state index contributed by atoms with van der Waals surface area (Å²) in [6.45, 7) is 1.48. The lowest BCUT2D eigenvalue weighted by atomic mass is 10.1. The Balaban J connectivity index is 1.51. The van der Waals surface area contributed by atoms with Crippen LogP contribution >= 0.6 is 0 Å². The Kier molecular flexibility index (Phi) is 6.07. The Morgan fingerprint density at radius 3 is 2.52 bits per heavy atom. The maximum absolute atomic E-state index is 12.4. The average Bonchev–Trinajstić information content (AvgIpc) is 3.10. The molecule has 0 N–H and O–H groups in total. The van der Waals surface area contributed by atoms with Crippen LogP contribution in [0.3, 0.4) is 0 Å². The molecule has 0 bridgehead atoms. The van der Waals surface area contributed by atoms with Gasteiger partial charge in [-0.2, -0.15) is 0 Å². The molecule has 1 unspecified atom stereocenters. The summed E-state index contributed by atoms with van der Waals surface area (Å²) in [5.74, 6) is 0.764. The number of benzene rings is 2. The molecule has 132 valence electrons. The number of nitrogens with zero attached hydrogens (tertiary/aromatic N) is 1. The largest absolute Gasteiger partial charge is 0.484 e. The first-order chi connectivity index (χ1) is 12.3. The van der Waals surface area contributed by atoms with Gasteiger partial charge in [-0.05, 0) is 42.5 Å². The monoisotopic (exact) mass is 339 g/mol. The lowest BCUT2D eigenvalue weighted by Crippen LogP contribution is -2.40. The summed E-state index contributed by atoms with van der Waals surface area (Å²) < 4.78 is 10.9. The van der Waals surface area contributed by atoms with Gasteiger partial charge in [-0.25, -0.2) is 0 Å². The predicted molar refractivity (Wildman–Crippen MR) is 97.8 cm³/mol. The fourth-order valence-electron chi connectivity index (χ4n) is 3.29. The Morgan fingerprint density at radius 1 is 1.08 bits per heavy atom. The minimum Gasteiger partial charge on any atom is -0.484 e. The molecule has 0 aromatic heterocycles. The number of carbonyl (C=O) groups excluding carboxylic acids is 1. The van der Waals surface area contributed by atoms with Crippen molar-refractivity contribution in [1.29, 1.82) is 0 Å². The van der Waals surface area contributed by atoms with E-state index in [0.29, 0.717) is 6.61 Å². The van der Waals surface area contributed by atoms with Gasteiger partial charge in [0.2, 0.25) is 0 Å². The van der Waals surface area contributed by atoms with Crippen LogP contribution in [0.15, 0.2) is 54.6 Å². The van der Waals surface area contributed by atoms with Gasteiger partial charge in [0.25, 0.3) is 5.91 Å². The van der Waals surface area contributed by atoms with E-state index in [0.717, 1.165) is 31.6 Å². The van der Waals surface area contributed by atoms with E-state index in [-0.39, 0.29) is 18.6 Å². The second kappa shape index (κ2) is 8.67. The van der Waals surface area contributed by atoms with E-state index in [4.69, 9.17) is 9.47 Å². The van der Waals surface area contributed by atoms with Crippen molar-refractivity contribution in [3.8, 4) is 5.75 Å². The van der Waals surface area contributed by atoms with E-state index in [9.17, 15) is 4.79 Å². The van der Waals surface area contributed by atoms with Crippen molar-refractivity contribution in [2.75, 3.05) is 26.9 Å². The molecule has 0 aliphatic carbocycles. The van der Waals surface area contributed by atoms with Crippen LogP contribution in [0, 0.1) is 0 Å². The number of ether oxygens (including phenoxy) is 2. The summed E-state index contributed by atoms with van der Waals surface area (Å²) in [4.78, 5) is 14.2. The molecule has 0 saturated carbocycles. The van der Waals surface area contributed by atoms with E-state index in [1.54, 1.807) is 7.11 Å². The van der Waals surface area contributed by atoms with Gasteiger partial charge in [0.05, 0.1) is 12.6 Å². The van der Waals surface area contributed by atoms with E-state index >= 15 is 0 Å². The van der Waals surface area contributed by atoms with Gasteiger partial charge in [-0.1, -0.05) is 42.5 Å². The molecule has 1 saturated heterocycles. The van der Waals surface area contributed by atoms with Crippen LogP contribution in [-0.4, -0.2) is 43.7 Å². The van der Waals surface area contributed by atoms with Gasteiger partial charge in [0.1, 0.15) is 5.75 Å². The van der Waals surface area contributed by atoms with Crippen molar-refractivity contribution in [3.63, 3.8) is 0 Å². The topological polar surface area (TPSA) is 38.8 Å². The van der Waals surface area contributed by atoms with Crippen LogP contribution in [0.2, 0.25) is 0 Å². The van der Waals surface area contributed by atoms with Gasteiger partial charge in [-0.15, -0.1) is 0 Å². The highest BCUT2D eigenvalue weighted by atomic mass is 16.5. The van der Waals surface area contributed by atoms with Gasteiger partial charge in [-0.3, -0.25) is 4.79 Å². The van der Waals surface area contributed by atoms with Crippen LogP contribution in [-0.2, 0) is 16.0 Å². The van der Waals surface area contributed by atoms with Crippen molar-refractivity contribution in [2.45, 2.75) is 25.3 Å². The predicted octanol–water partition coefficient (Wildman–Crippen LogP) is 3.29. The molecule has 1 aliphatic rings. The molecule has 0 spiro atoms. The van der Waals surface area contributed by atoms with E-state index in [1.165, 1.54) is 11.1 Å². The Morgan fingerprint density at radius 2 is 1.80 bits per heavy atom. The summed E-state index contributed by atoms with van der Waals surface area (Å²) in [5.41, 5.74) is 2.51. The fraction of sp³-hybridized carbons (Fsp3) is 0.381. The Labute approximate surface area is 149 Å². The molecule has 2 aromatic rings. The normalized spacial score (nSPS) is 16.8. The van der Waals surface area contributed by atoms with E-state index in [1.807, 2.05) is 35.2 Å². The third-order valence-electron chi connectivity index (χ3n) is 4.59. The Bertz CT molecular complexity index is 669. The molecule has 2 aromatic carbocycles. The Hall–Kier alpha value is -2.33. The summed E-state index contributed by atoms with van der Waals surface area (Å²) >= 11 is 0. The van der Waals surface area contributed by atoms with E-state index < -0.39 is 0 Å². The molecular formula is C21H25NO3. The number of carbonyl (C=O) groups is 1. The number of methoxy groups -OCH3 is 1. The first-order valence-corrected chi connectivity index (χ1v) is 8.80. The highest BCUT2D eigenvalue weighted by Crippen LogP contribution is 2.19. The summed E-state index contributed by atoms with van der Waals surface area (Å²) in [7, 11) is 1.68. The van der Waals surface area contributed by atoms with Gasteiger partial charge in [0.15, 0.2) is 6.61 Å². The lowest BCUT2D eigenvalue weighted by Gasteiger charge is -2.24. The number of amides is 1. The zero-order valence-corrected chi connectivity index (χ0v) is 14.7. The maximum atomic E-state index is 12.4. The highest BCUT2D eigenvalue weighted by Gasteiger charge is 2.28. The maximum Gasteiger partial charge on any atom is 0.260 e. The minimum atomic E-state index is 0.0351. The summed E-state index contributed by atoms with van der Waals surface area (Å²) in [6, 6.07) is 18.5. The van der Waals surface area contributed by atoms with Crippen molar-refractivity contribution < 1.29 is 14.3 Å². The molecule has 3 rings (SSSR count). The standard InChI is InChI=1S/C21H25NO3/c1-24-15-19-8-5-13-22(19)21(23)16-25-20-11-9-18(10-12-20)14-17-6-3-2-4-7-17/h2-4,6-7,9-12,19H,5,8,13-16H2,1H3. The number of rotatable bonds is 7. The third kappa shape index (κ3) is 4.83. The van der Waals surface area contributed by atoms with Crippen LogP contribution in [0.4, 0.5) is 0 Å². The molecule has 1 heterocycles. The molecule has 1 fully saturated rings. The van der Waals surface area contributed by atoms with Crippen molar-refractivity contribution in [3.05, 3.63) is 65.7 Å². The molecular weight excluding hydrogens is 314 g/mol. The highest BCUT2D eigenvalue weighted by molar-refractivity contribution is 5.78. The van der Waals surface area contributed by atoms with Crippen molar-refractivity contribution in [1.82, 2.24) is 4.90 Å². The van der Waals surface area contributed by atoms with Crippen LogP contribution in [0.25, 0.3) is 0 Å². The minimum absolute atomic E-state index is 0.0351. The molecule has 1 amide bonds. The molecule has 0 radical (unpaired) electrons. The second-order valence-electron chi connectivity index (χ2n) is 6.43. The fourth-order valence-corrected chi connectivity index (χ4v) is 3.29. The SMILES string of the molecule is COCC1CCCN1C(=O)COc1ccc(Cc2ccccc2)cc1. The number of likely N-dealkylation sites (tertiary alicyclic amines) is 1. The molecule has 1 aliphatic heterocycles. The zero-order valence-electron chi connectivity index (χ0n) is 14.7. The second-order valence-corrected chi connectivity index (χ2v) is 6.43. The van der Waals surface area contributed by atoms with Gasteiger partial charge < -0.3 is 14.4 Å². The van der Waals surface area contributed by atoms with Crippen LogP contribution in [0.1, 0.15) is 24.0 Å². The van der Waals surface area contributed by atoms with Crippen LogP contribution in [0.5, 0.6) is 5.75 Å². The average molecular weight is 339 g/mol. The summed E-state index contributed by atoms with van der Waals surface area (Å²) in [6.07, 6.45) is 2.94. The van der Waals surface area contributed by atoms with Crippen molar-refractivity contribution >= 4 is 5.91 Å². The first-order valence-electron chi connectivity index (χ1n) is 8.80. The first kappa shape index (κ1) is 17.5. The van der Waals surface area contributed by atoms with Crippen molar-refractivity contribution in [2.24, 2.45) is 0 Å². The lowest BCUT2D eigenvalue weighted by molar-refractivity contribution is -0.135. The summed E-state index contributed by atoms with van der Waals surface area (Å²) in [5, 5.41) is 0. The third-order valence-corrected chi connectivity index (χ3v) is 4.59. The molecule has 25 heavy (non-hydrogen) atoms. The van der Waals surface area contributed by atoms with Gasteiger partial charge in [0, 0.05) is 13.7 Å². The van der Waals surface area contributed by atoms with E-state index in [2.05, 4.69) is 24.3 Å². The number of hydrogen-bond acceptors (Lipinski definition) is 3. The number of hydrogen-bond donors (Lipinski definition) is 0. The quantitative estimate of drug-likeness (QED) is 0.777. The zero-order chi connectivity index (χ0) is 17.5. The van der Waals surface area contributed by atoms with Crippen LogP contribution < -0.4 is 4.74 Å². The molecule has 4 heteroatoms. The smallest absolute Gasteiger partial charge is 0.260 e.